The third-order valence-corrected chi connectivity index (χ3v) is 4.89. The molecule has 0 aromatic heterocycles. The van der Waals surface area contributed by atoms with Gasteiger partial charge in [0.25, 0.3) is 5.91 Å². The Morgan fingerprint density at radius 1 is 1.00 bits per heavy atom. The van der Waals surface area contributed by atoms with E-state index in [0.29, 0.717) is 15.7 Å². The number of hydrogen-bond acceptors (Lipinski definition) is 3. The van der Waals surface area contributed by atoms with Crippen molar-refractivity contribution in [2.24, 2.45) is 0 Å². The van der Waals surface area contributed by atoms with Crippen LogP contribution in [-0.4, -0.2) is 17.9 Å². The van der Waals surface area contributed by atoms with Crippen molar-refractivity contribution in [3.8, 4) is 0 Å². The minimum atomic E-state index is -0.589. The molecule has 1 fully saturated rings. The molecule has 1 saturated heterocycles. The molecule has 2 aromatic rings. The number of nitrogens with one attached hydrogen (secondary N) is 1. The highest BCUT2D eigenvalue weighted by Gasteiger charge is 2.39. The lowest BCUT2D eigenvalue weighted by Crippen LogP contribution is -2.34. The first-order valence-electron chi connectivity index (χ1n) is 7.52. The van der Waals surface area contributed by atoms with Gasteiger partial charge in [0, 0.05) is 5.69 Å². The van der Waals surface area contributed by atoms with E-state index in [1.807, 2.05) is 32.0 Å². The summed E-state index contributed by atoms with van der Waals surface area (Å²) in [5.41, 5.74) is 3.55. The monoisotopic (exact) mass is 362 g/mol. The van der Waals surface area contributed by atoms with Crippen molar-refractivity contribution < 1.29 is 9.59 Å². The number of imide groups is 1. The van der Waals surface area contributed by atoms with Crippen molar-refractivity contribution in [1.29, 1.82) is 0 Å². The molecule has 1 aliphatic rings. The summed E-state index contributed by atoms with van der Waals surface area (Å²) >= 11 is 11.9. The van der Waals surface area contributed by atoms with Crippen LogP contribution in [0.25, 0.3) is 0 Å². The van der Waals surface area contributed by atoms with Gasteiger partial charge < -0.3 is 5.32 Å². The molecule has 0 aliphatic carbocycles. The first kappa shape index (κ1) is 16.8. The van der Waals surface area contributed by atoms with E-state index in [2.05, 4.69) is 5.32 Å². The third kappa shape index (κ3) is 3.12. The zero-order chi connectivity index (χ0) is 17.4. The molecule has 6 heteroatoms. The molecule has 1 N–H and O–H groups in total. The smallest absolute Gasteiger partial charge is 0.256 e. The molecule has 2 amide bonds. The fourth-order valence-electron chi connectivity index (χ4n) is 2.67. The molecular weight excluding hydrogens is 347 g/mol. The van der Waals surface area contributed by atoms with Crippen molar-refractivity contribution in [1.82, 2.24) is 0 Å². The van der Waals surface area contributed by atoms with Crippen LogP contribution in [0, 0.1) is 13.8 Å². The summed E-state index contributed by atoms with van der Waals surface area (Å²) in [6, 6.07) is 9.98. The lowest BCUT2D eigenvalue weighted by atomic mass is 10.1. The number of hydrogen-bond donors (Lipinski definition) is 1. The zero-order valence-electron chi connectivity index (χ0n) is 13.3. The standard InChI is InChI=1S/C18H16Cl2N2O2/c1-10-3-4-12(7-11(10)2)21-16-9-17(23)22(18(16)24)13-5-6-14(19)15(20)8-13/h3-8,16,21H,9H2,1-2H3. The molecule has 1 atom stereocenters. The van der Waals surface area contributed by atoms with E-state index in [1.54, 1.807) is 12.1 Å². The molecule has 0 bridgehead atoms. The van der Waals surface area contributed by atoms with Gasteiger partial charge >= 0.3 is 0 Å². The first-order chi connectivity index (χ1) is 11.4. The molecule has 1 aliphatic heterocycles. The fourth-order valence-corrected chi connectivity index (χ4v) is 2.96. The summed E-state index contributed by atoms with van der Waals surface area (Å²) in [5.74, 6) is -0.559. The highest BCUT2D eigenvalue weighted by Crippen LogP contribution is 2.31. The largest absolute Gasteiger partial charge is 0.373 e. The Morgan fingerprint density at radius 2 is 1.75 bits per heavy atom. The van der Waals surface area contributed by atoms with Crippen molar-refractivity contribution in [3.63, 3.8) is 0 Å². The quantitative estimate of drug-likeness (QED) is 0.825. The van der Waals surface area contributed by atoms with Gasteiger partial charge in [-0.3, -0.25) is 9.59 Å². The van der Waals surface area contributed by atoms with Gasteiger partial charge in [-0.25, -0.2) is 4.90 Å². The Morgan fingerprint density at radius 3 is 2.42 bits per heavy atom. The van der Waals surface area contributed by atoms with Crippen LogP contribution in [0.5, 0.6) is 0 Å². The number of amides is 2. The highest BCUT2D eigenvalue weighted by molar-refractivity contribution is 6.42. The minimum Gasteiger partial charge on any atom is -0.373 e. The van der Waals surface area contributed by atoms with Crippen LogP contribution in [-0.2, 0) is 9.59 Å². The van der Waals surface area contributed by atoms with Gasteiger partial charge in [0.2, 0.25) is 5.91 Å². The van der Waals surface area contributed by atoms with Crippen LogP contribution in [0.1, 0.15) is 17.5 Å². The Labute approximate surface area is 150 Å². The second-order valence-electron chi connectivity index (χ2n) is 5.87. The molecule has 0 radical (unpaired) electrons. The Bertz CT molecular complexity index is 836. The van der Waals surface area contributed by atoms with Gasteiger partial charge in [-0.2, -0.15) is 0 Å². The highest BCUT2D eigenvalue weighted by atomic mass is 35.5. The number of anilines is 2. The number of aryl methyl sites for hydroxylation is 2. The van der Waals surface area contributed by atoms with E-state index >= 15 is 0 Å². The molecule has 2 aromatic carbocycles. The van der Waals surface area contributed by atoms with E-state index in [4.69, 9.17) is 23.2 Å². The summed E-state index contributed by atoms with van der Waals surface area (Å²) in [4.78, 5) is 26.1. The number of carbonyl (C=O) groups excluding carboxylic acids is 2. The predicted octanol–water partition coefficient (Wildman–Crippen LogP) is 4.35. The molecule has 124 valence electrons. The Balaban J connectivity index is 1.83. The van der Waals surface area contributed by atoms with Gasteiger partial charge in [0.1, 0.15) is 6.04 Å². The molecule has 24 heavy (non-hydrogen) atoms. The fraction of sp³-hybridized carbons (Fsp3) is 0.222. The zero-order valence-corrected chi connectivity index (χ0v) is 14.8. The summed E-state index contributed by atoms with van der Waals surface area (Å²) in [7, 11) is 0. The summed E-state index contributed by atoms with van der Waals surface area (Å²) < 4.78 is 0. The normalized spacial score (nSPS) is 17.5. The van der Waals surface area contributed by atoms with E-state index in [-0.39, 0.29) is 18.2 Å². The number of rotatable bonds is 3. The molecule has 0 spiro atoms. The molecule has 1 unspecified atom stereocenters. The van der Waals surface area contributed by atoms with Crippen molar-refractivity contribution in [3.05, 3.63) is 57.6 Å². The van der Waals surface area contributed by atoms with Gasteiger partial charge in [-0.05, 0) is 55.3 Å². The molecule has 3 rings (SSSR count). The van der Waals surface area contributed by atoms with E-state index in [9.17, 15) is 9.59 Å². The van der Waals surface area contributed by atoms with Gasteiger partial charge in [0.15, 0.2) is 0 Å². The maximum absolute atomic E-state index is 12.6. The molecule has 1 heterocycles. The SMILES string of the molecule is Cc1ccc(NC2CC(=O)N(c3ccc(Cl)c(Cl)c3)C2=O)cc1C. The van der Waals surface area contributed by atoms with E-state index in [1.165, 1.54) is 11.6 Å². The van der Waals surface area contributed by atoms with Crippen molar-refractivity contribution in [2.75, 3.05) is 10.2 Å². The van der Waals surface area contributed by atoms with Gasteiger partial charge in [0.05, 0.1) is 22.2 Å². The summed E-state index contributed by atoms with van der Waals surface area (Å²) in [6.45, 7) is 4.03. The summed E-state index contributed by atoms with van der Waals surface area (Å²) in [5, 5.41) is 3.83. The van der Waals surface area contributed by atoms with Crippen LogP contribution in [0.2, 0.25) is 10.0 Å². The lowest BCUT2D eigenvalue weighted by molar-refractivity contribution is -0.121. The Hall–Kier alpha value is -2.04. The van der Waals surface area contributed by atoms with Crippen molar-refractivity contribution >= 4 is 46.4 Å². The lowest BCUT2D eigenvalue weighted by Gasteiger charge is -2.17. The number of nitrogens with zero attached hydrogens (tertiary/aromatic N) is 1. The maximum atomic E-state index is 12.6. The molecule has 4 nitrogen and oxygen atoms in total. The minimum absolute atomic E-state index is 0.103. The van der Waals surface area contributed by atoms with Crippen LogP contribution in [0.15, 0.2) is 36.4 Å². The molecular formula is C18H16Cl2N2O2. The maximum Gasteiger partial charge on any atom is 0.256 e. The average Bonchev–Trinajstić information content (AvgIpc) is 2.80. The topological polar surface area (TPSA) is 49.4 Å². The predicted molar refractivity (Wildman–Crippen MR) is 96.9 cm³/mol. The molecule has 0 saturated carbocycles. The number of benzene rings is 2. The number of halogens is 2. The number of carbonyl (C=O) groups is 2. The second-order valence-corrected chi connectivity index (χ2v) is 6.68. The average molecular weight is 363 g/mol. The van der Waals surface area contributed by atoms with Crippen LogP contribution in [0.3, 0.4) is 0 Å². The van der Waals surface area contributed by atoms with Crippen LogP contribution >= 0.6 is 23.2 Å². The second kappa shape index (κ2) is 6.46. The summed E-state index contributed by atoms with van der Waals surface area (Å²) in [6.07, 6.45) is 0.103. The van der Waals surface area contributed by atoms with E-state index in [0.717, 1.165) is 16.2 Å². The van der Waals surface area contributed by atoms with E-state index < -0.39 is 6.04 Å². The van der Waals surface area contributed by atoms with Gasteiger partial charge in [-0.15, -0.1) is 0 Å². The first-order valence-corrected chi connectivity index (χ1v) is 8.28. The van der Waals surface area contributed by atoms with Crippen LogP contribution < -0.4 is 10.2 Å². The van der Waals surface area contributed by atoms with Crippen molar-refractivity contribution in [2.45, 2.75) is 26.3 Å². The third-order valence-electron chi connectivity index (χ3n) is 4.16. The van der Waals surface area contributed by atoms with Crippen LogP contribution in [0.4, 0.5) is 11.4 Å². The van der Waals surface area contributed by atoms with Gasteiger partial charge in [-0.1, -0.05) is 29.3 Å². The Kier molecular flexibility index (Phi) is 4.52.